The number of hydrogen-bond acceptors (Lipinski definition) is 8. The van der Waals surface area contributed by atoms with Gasteiger partial charge in [-0.15, -0.1) is 0 Å². The van der Waals surface area contributed by atoms with Crippen LogP contribution in [-0.4, -0.2) is 34.9 Å². The van der Waals surface area contributed by atoms with E-state index in [9.17, 15) is 14.0 Å². The van der Waals surface area contributed by atoms with E-state index in [2.05, 4.69) is 4.57 Å². The third-order valence-electron chi connectivity index (χ3n) is 8.53. The molecule has 0 saturated heterocycles. The Balaban J connectivity index is 1.37. The molecule has 0 amide bonds. The summed E-state index contributed by atoms with van der Waals surface area (Å²) >= 11 is 1.27. The van der Waals surface area contributed by atoms with Crippen LogP contribution < -0.4 is 29.1 Å². The number of allylic oxidation sites excluding steroid dienone is 1. The number of aryl methyl sites for hydroxylation is 1. The lowest BCUT2D eigenvalue weighted by Crippen LogP contribution is -2.40. The zero-order valence-corrected chi connectivity index (χ0v) is 30.5. The van der Waals surface area contributed by atoms with Crippen LogP contribution in [0.25, 0.3) is 11.8 Å². The summed E-state index contributed by atoms with van der Waals surface area (Å²) in [6, 6.07) is 20.7. The molecule has 6 rings (SSSR count). The van der Waals surface area contributed by atoms with E-state index in [1.165, 1.54) is 23.5 Å². The Morgan fingerprint density at radius 3 is 2.47 bits per heavy atom. The van der Waals surface area contributed by atoms with Gasteiger partial charge in [0.05, 0.1) is 41.7 Å². The summed E-state index contributed by atoms with van der Waals surface area (Å²) in [6.45, 7) is 11.8. The second kappa shape index (κ2) is 14.8. The molecule has 0 radical (unpaired) electrons. The highest BCUT2D eigenvalue weighted by molar-refractivity contribution is 7.07. The Labute approximate surface area is 299 Å². The molecule has 11 heteroatoms. The summed E-state index contributed by atoms with van der Waals surface area (Å²) in [5.74, 6) is 0.878. The van der Waals surface area contributed by atoms with Gasteiger partial charge in [0.15, 0.2) is 16.3 Å². The maximum atomic E-state index is 14.3. The number of rotatable bonds is 11. The SMILES string of the molecule is CCOC(=O)C1=C(C)N=c2s/c(=C/c3cc(C)n(-c4ccc(OCc5cccc(F)c5)cc4)c3C)c(=O)n2[C@@H]1c1ccc(OC(C)C)c(OC)c1. The maximum Gasteiger partial charge on any atom is 0.338 e. The number of nitrogens with zero attached hydrogens (tertiary/aromatic N) is 3. The van der Waals surface area contributed by atoms with Crippen LogP contribution in [-0.2, 0) is 16.1 Å². The van der Waals surface area contributed by atoms with E-state index >= 15 is 0 Å². The molecule has 0 spiro atoms. The first-order valence-corrected chi connectivity index (χ1v) is 17.5. The first-order valence-electron chi connectivity index (χ1n) is 16.7. The molecule has 9 nitrogen and oxygen atoms in total. The fraction of sp³-hybridized carbons (Fsp3) is 0.275. The van der Waals surface area contributed by atoms with E-state index < -0.39 is 12.0 Å². The molecule has 1 atom stereocenters. The van der Waals surface area contributed by atoms with Crippen LogP contribution in [0.4, 0.5) is 4.39 Å². The Kier molecular flexibility index (Phi) is 10.3. The largest absolute Gasteiger partial charge is 0.493 e. The van der Waals surface area contributed by atoms with Crippen LogP contribution in [0.5, 0.6) is 17.2 Å². The predicted molar refractivity (Wildman–Crippen MR) is 195 cm³/mol. The molecular weight excluding hydrogens is 670 g/mol. The minimum Gasteiger partial charge on any atom is -0.493 e. The van der Waals surface area contributed by atoms with Crippen LogP contribution in [0, 0.1) is 19.7 Å². The molecule has 1 aliphatic heterocycles. The number of carbonyl (C=O) groups is 1. The lowest BCUT2D eigenvalue weighted by molar-refractivity contribution is -0.139. The number of ether oxygens (including phenoxy) is 4. The van der Waals surface area contributed by atoms with E-state index in [0.717, 1.165) is 28.2 Å². The lowest BCUT2D eigenvalue weighted by atomic mass is 9.95. The van der Waals surface area contributed by atoms with Crippen molar-refractivity contribution in [2.45, 2.75) is 60.3 Å². The first kappa shape index (κ1) is 35.4. The molecule has 5 aromatic rings. The second-order valence-corrected chi connectivity index (χ2v) is 13.5. The normalized spacial score (nSPS) is 14.4. The fourth-order valence-electron chi connectivity index (χ4n) is 6.27. The van der Waals surface area contributed by atoms with E-state index in [4.69, 9.17) is 23.9 Å². The third kappa shape index (κ3) is 7.25. The van der Waals surface area contributed by atoms with Crippen LogP contribution in [0.1, 0.15) is 61.8 Å². The van der Waals surface area contributed by atoms with Crippen molar-refractivity contribution in [1.82, 2.24) is 9.13 Å². The summed E-state index contributed by atoms with van der Waals surface area (Å²) in [4.78, 5) is 32.9. The molecule has 0 unspecified atom stereocenters. The van der Waals surface area contributed by atoms with Gasteiger partial charge in [-0.25, -0.2) is 14.2 Å². The minimum absolute atomic E-state index is 0.0758. The molecule has 0 bridgehead atoms. The number of benzene rings is 3. The summed E-state index contributed by atoms with van der Waals surface area (Å²) in [6.07, 6.45) is 1.80. The van der Waals surface area contributed by atoms with Crippen LogP contribution >= 0.6 is 11.3 Å². The number of fused-ring (bicyclic) bond motifs is 1. The number of aromatic nitrogens is 2. The van der Waals surface area contributed by atoms with Gasteiger partial charge in [0.1, 0.15) is 18.2 Å². The molecule has 1 aliphatic rings. The second-order valence-electron chi connectivity index (χ2n) is 12.5. The number of thiazole rings is 1. The number of hydrogen-bond donors (Lipinski definition) is 0. The van der Waals surface area contributed by atoms with Gasteiger partial charge >= 0.3 is 5.97 Å². The van der Waals surface area contributed by atoms with Crippen LogP contribution in [0.2, 0.25) is 0 Å². The number of esters is 1. The molecule has 2 aromatic heterocycles. The van der Waals surface area contributed by atoms with Gasteiger partial charge in [-0.05, 0) is 119 Å². The summed E-state index contributed by atoms with van der Waals surface area (Å²) in [5.41, 5.74) is 5.63. The van der Waals surface area contributed by atoms with Crippen LogP contribution in [0.15, 0.2) is 93.9 Å². The fourth-order valence-corrected chi connectivity index (χ4v) is 7.31. The van der Waals surface area contributed by atoms with Gasteiger partial charge in [0.2, 0.25) is 0 Å². The molecule has 3 heterocycles. The van der Waals surface area contributed by atoms with Crippen molar-refractivity contribution < 1.29 is 28.1 Å². The van der Waals surface area contributed by atoms with E-state index in [1.807, 2.05) is 76.2 Å². The lowest BCUT2D eigenvalue weighted by Gasteiger charge is -2.25. The molecular formula is C40H40FN3O6S. The average molecular weight is 710 g/mol. The van der Waals surface area contributed by atoms with Crippen molar-refractivity contribution in [3.63, 3.8) is 0 Å². The van der Waals surface area contributed by atoms with Crippen molar-refractivity contribution in [1.29, 1.82) is 0 Å². The zero-order chi connectivity index (χ0) is 36.4. The Bertz CT molecular complexity index is 2320. The molecule has 0 saturated carbocycles. The van der Waals surface area contributed by atoms with E-state index in [-0.39, 0.29) is 36.3 Å². The quantitative estimate of drug-likeness (QED) is 0.142. The highest BCUT2D eigenvalue weighted by Gasteiger charge is 2.34. The summed E-state index contributed by atoms with van der Waals surface area (Å²) in [5, 5.41) is 0. The molecule has 0 fully saturated rings. The van der Waals surface area contributed by atoms with Gasteiger partial charge < -0.3 is 23.5 Å². The maximum absolute atomic E-state index is 14.3. The van der Waals surface area contributed by atoms with Gasteiger partial charge in [-0.2, -0.15) is 0 Å². The highest BCUT2D eigenvalue weighted by Crippen LogP contribution is 2.36. The van der Waals surface area contributed by atoms with Crippen molar-refractivity contribution in [3.8, 4) is 22.9 Å². The molecule has 0 N–H and O–H groups in total. The topological polar surface area (TPSA) is 93.3 Å². The summed E-state index contributed by atoms with van der Waals surface area (Å²) < 4.78 is 40.6. The zero-order valence-electron chi connectivity index (χ0n) is 29.7. The minimum atomic E-state index is -0.793. The standard InChI is InChI=1S/C40H40FN3O6S/c1-8-48-39(46)36-25(5)42-40-44(37(36)28-12-17-33(50-23(2)3)34(20-28)47-7)38(45)35(51-40)21-29-18-24(4)43(26(29)6)31-13-15-32(16-14-31)49-22-27-10-9-11-30(41)19-27/h9-21,23,37H,8,22H2,1-7H3/b35-21+/t37-/m1/s1. The highest BCUT2D eigenvalue weighted by atomic mass is 32.1. The van der Waals surface area contributed by atoms with Gasteiger partial charge in [-0.3, -0.25) is 9.36 Å². The predicted octanol–water partition coefficient (Wildman–Crippen LogP) is 6.72. The first-order chi connectivity index (χ1) is 24.5. The monoisotopic (exact) mass is 709 g/mol. The molecule has 0 aliphatic carbocycles. The van der Waals surface area contributed by atoms with Crippen molar-refractivity contribution in [2.75, 3.05) is 13.7 Å². The van der Waals surface area contributed by atoms with Crippen molar-refractivity contribution in [2.24, 2.45) is 4.99 Å². The number of methoxy groups -OCH3 is 1. The van der Waals surface area contributed by atoms with Gasteiger partial charge in [-0.1, -0.05) is 29.5 Å². The van der Waals surface area contributed by atoms with Gasteiger partial charge in [0.25, 0.3) is 5.56 Å². The smallest absolute Gasteiger partial charge is 0.338 e. The average Bonchev–Trinajstić information content (AvgIpc) is 3.56. The summed E-state index contributed by atoms with van der Waals surface area (Å²) in [7, 11) is 1.55. The Morgan fingerprint density at radius 1 is 1.02 bits per heavy atom. The van der Waals surface area contributed by atoms with Gasteiger partial charge in [0, 0.05) is 17.1 Å². The number of carbonyl (C=O) groups excluding carboxylic acids is 1. The van der Waals surface area contributed by atoms with Crippen molar-refractivity contribution >= 4 is 23.4 Å². The Morgan fingerprint density at radius 2 is 1.78 bits per heavy atom. The van der Waals surface area contributed by atoms with Crippen LogP contribution in [0.3, 0.4) is 0 Å². The van der Waals surface area contributed by atoms with E-state index in [0.29, 0.717) is 37.8 Å². The molecule has 51 heavy (non-hydrogen) atoms. The third-order valence-corrected chi connectivity index (χ3v) is 9.51. The Hall–Kier alpha value is -5.42. The van der Waals surface area contributed by atoms with Crippen molar-refractivity contribution in [3.05, 3.63) is 138 Å². The molecule has 3 aromatic carbocycles. The number of halogens is 1. The molecule has 264 valence electrons. The van der Waals surface area contributed by atoms with E-state index in [1.54, 1.807) is 43.7 Å².